The van der Waals surface area contributed by atoms with E-state index in [9.17, 15) is 4.79 Å². The molecule has 0 spiro atoms. The van der Waals surface area contributed by atoms with Crippen LogP contribution in [0.1, 0.15) is 33.3 Å². The second-order valence-electron chi connectivity index (χ2n) is 4.74. The quantitative estimate of drug-likeness (QED) is 0.808. The molecule has 0 bridgehead atoms. The predicted octanol–water partition coefficient (Wildman–Crippen LogP) is 1.34. The van der Waals surface area contributed by atoms with Crippen molar-refractivity contribution in [3.8, 4) is 6.07 Å². The Morgan fingerprint density at radius 3 is 2.59 bits per heavy atom. The van der Waals surface area contributed by atoms with E-state index in [4.69, 9.17) is 11.0 Å². The van der Waals surface area contributed by atoms with Gasteiger partial charge in [0.1, 0.15) is 17.5 Å². The topological polar surface area (TPSA) is 96.7 Å². The van der Waals surface area contributed by atoms with E-state index in [2.05, 4.69) is 10.4 Å². The highest BCUT2D eigenvalue weighted by Gasteiger charge is 2.24. The molecule has 0 aromatic carbocycles. The van der Waals surface area contributed by atoms with Crippen LogP contribution in [0.4, 0.5) is 11.6 Å². The third kappa shape index (κ3) is 2.56. The Morgan fingerprint density at radius 1 is 1.59 bits per heavy atom. The maximum absolute atomic E-state index is 11.8. The van der Waals surface area contributed by atoms with Gasteiger partial charge in [0.25, 0.3) is 0 Å². The Morgan fingerprint density at radius 2 is 2.18 bits per heavy atom. The van der Waals surface area contributed by atoms with Crippen LogP contribution in [0.2, 0.25) is 0 Å². The minimum Gasteiger partial charge on any atom is -0.383 e. The molecule has 1 heterocycles. The van der Waals surface area contributed by atoms with Crippen molar-refractivity contribution in [3.63, 3.8) is 0 Å². The molecule has 0 aliphatic carbocycles. The molecule has 0 unspecified atom stereocenters. The van der Waals surface area contributed by atoms with Gasteiger partial charge in [-0.2, -0.15) is 10.4 Å². The van der Waals surface area contributed by atoms with Crippen molar-refractivity contribution in [1.82, 2.24) is 9.78 Å². The molecule has 6 heteroatoms. The maximum atomic E-state index is 11.8. The Kier molecular flexibility index (Phi) is 3.42. The van der Waals surface area contributed by atoms with Gasteiger partial charge < -0.3 is 11.1 Å². The van der Waals surface area contributed by atoms with Gasteiger partial charge >= 0.3 is 0 Å². The van der Waals surface area contributed by atoms with E-state index in [0.717, 1.165) is 0 Å². The zero-order valence-electron chi connectivity index (χ0n) is 10.5. The molecular weight excluding hydrogens is 218 g/mol. The van der Waals surface area contributed by atoms with Crippen LogP contribution in [-0.4, -0.2) is 15.7 Å². The number of hydrogen-bond donors (Lipinski definition) is 2. The number of nitriles is 1. The van der Waals surface area contributed by atoms with Gasteiger partial charge in [-0.05, 0) is 6.92 Å². The van der Waals surface area contributed by atoms with E-state index in [1.807, 2.05) is 13.0 Å². The van der Waals surface area contributed by atoms with Crippen molar-refractivity contribution in [2.24, 2.45) is 5.41 Å². The van der Waals surface area contributed by atoms with Crippen molar-refractivity contribution >= 4 is 17.5 Å². The van der Waals surface area contributed by atoms with Gasteiger partial charge in [0.15, 0.2) is 5.82 Å². The monoisotopic (exact) mass is 235 g/mol. The Labute approximate surface area is 100 Å². The standard InChI is InChI=1S/C11H17N5O/c1-5-16-8(13)7(6-12)9(15-16)14-10(17)11(2,3)4/h5,13H2,1-4H3,(H,14,15,17). The normalized spacial score (nSPS) is 11.0. The summed E-state index contributed by atoms with van der Waals surface area (Å²) in [6, 6.07) is 1.95. The van der Waals surface area contributed by atoms with Crippen LogP contribution in [0.15, 0.2) is 0 Å². The van der Waals surface area contributed by atoms with Crippen molar-refractivity contribution in [2.75, 3.05) is 11.1 Å². The van der Waals surface area contributed by atoms with Crippen LogP contribution in [0.3, 0.4) is 0 Å². The minimum atomic E-state index is -0.544. The predicted molar refractivity (Wildman–Crippen MR) is 65.1 cm³/mol. The number of nitrogens with two attached hydrogens (primary N) is 1. The number of nitrogen functional groups attached to an aromatic ring is 1. The Hall–Kier alpha value is -2.03. The number of rotatable bonds is 2. The van der Waals surface area contributed by atoms with Crippen molar-refractivity contribution in [1.29, 1.82) is 5.26 Å². The number of anilines is 2. The zero-order valence-corrected chi connectivity index (χ0v) is 10.5. The molecule has 1 amide bonds. The van der Waals surface area contributed by atoms with Crippen LogP contribution in [-0.2, 0) is 11.3 Å². The van der Waals surface area contributed by atoms with Gasteiger partial charge in [-0.25, -0.2) is 4.68 Å². The number of hydrogen-bond acceptors (Lipinski definition) is 4. The second-order valence-corrected chi connectivity index (χ2v) is 4.74. The number of aryl methyl sites for hydroxylation is 1. The third-order valence-electron chi connectivity index (χ3n) is 2.32. The Balaban J connectivity index is 3.08. The van der Waals surface area contributed by atoms with Crippen molar-refractivity contribution in [3.05, 3.63) is 5.56 Å². The molecular formula is C11H17N5O. The fraction of sp³-hybridized carbons (Fsp3) is 0.545. The van der Waals surface area contributed by atoms with Gasteiger partial charge in [0.05, 0.1) is 0 Å². The molecule has 0 aliphatic rings. The summed E-state index contributed by atoms with van der Waals surface area (Å²) >= 11 is 0. The molecule has 92 valence electrons. The first-order valence-electron chi connectivity index (χ1n) is 5.39. The molecule has 6 nitrogen and oxygen atoms in total. The van der Waals surface area contributed by atoms with Gasteiger partial charge in [0, 0.05) is 12.0 Å². The first-order chi connectivity index (χ1) is 7.81. The number of carbonyl (C=O) groups is 1. The summed E-state index contributed by atoms with van der Waals surface area (Å²) in [6.07, 6.45) is 0. The van der Waals surface area contributed by atoms with E-state index in [1.54, 1.807) is 20.8 Å². The molecule has 0 saturated carbocycles. The summed E-state index contributed by atoms with van der Waals surface area (Å²) in [7, 11) is 0. The molecule has 0 fully saturated rings. The summed E-state index contributed by atoms with van der Waals surface area (Å²) in [5.41, 5.74) is 5.40. The SMILES string of the molecule is CCn1nc(NC(=O)C(C)(C)C)c(C#N)c1N. The lowest BCUT2D eigenvalue weighted by Crippen LogP contribution is -2.28. The molecule has 3 N–H and O–H groups in total. The lowest BCUT2D eigenvalue weighted by molar-refractivity contribution is -0.123. The molecule has 0 aliphatic heterocycles. The summed E-state index contributed by atoms with van der Waals surface area (Å²) in [5.74, 6) is 0.306. The molecule has 1 aromatic heterocycles. The molecule has 0 atom stereocenters. The van der Waals surface area contributed by atoms with Crippen LogP contribution in [0, 0.1) is 16.7 Å². The van der Waals surface area contributed by atoms with E-state index in [-0.39, 0.29) is 23.1 Å². The molecule has 1 rings (SSSR count). The number of nitrogens with one attached hydrogen (secondary N) is 1. The van der Waals surface area contributed by atoms with Gasteiger partial charge in [-0.15, -0.1) is 0 Å². The summed E-state index contributed by atoms with van der Waals surface area (Å²) < 4.78 is 1.48. The summed E-state index contributed by atoms with van der Waals surface area (Å²) in [5, 5.41) is 15.7. The smallest absolute Gasteiger partial charge is 0.230 e. The summed E-state index contributed by atoms with van der Waals surface area (Å²) in [6.45, 7) is 7.77. The van der Waals surface area contributed by atoms with Crippen molar-refractivity contribution < 1.29 is 4.79 Å². The van der Waals surface area contributed by atoms with Crippen LogP contribution in [0.5, 0.6) is 0 Å². The van der Waals surface area contributed by atoms with E-state index in [1.165, 1.54) is 4.68 Å². The fourth-order valence-corrected chi connectivity index (χ4v) is 1.21. The van der Waals surface area contributed by atoms with Gasteiger partial charge in [-0.3, -0.25) is 4.79 Å². The van der Waals surface area contributed by atoms with Crippen LogP contribution in [0.25, 0.3) is 0 Å². The maximum Gasteiger partial charge on any atom is 0.230 e. The lowest BCUT2D eigenvalue weighted by Gasteiger charge is -2.16. The van der Waals surface area contributed by atoms with Crippen LogP contribution < -0.4 is 11.1 Å². The first-order valence-corrected chi connectivity index (χ1v) is 5.39. The Bertz CT molecular complexity index is 475. The minimum absolute atomic E-state index is 0.199. The number of amides is 1. The molecule has 0 radical (unpaired) electrons. The first kappa shape index (κ1) is 13.0. The summed E-state index contributed by atoms with van der Waals surface area (Å²) in [4.78, 5) is 11.8. The van der Waals surface area contributed by atoms with Gasteiger partial charge in [0.2, 0.25) is 5.91 Å². The van der Waals surface area contributed by atoms with E-state index < -0.39 is 5.41 Å². The number of nitrogens with zero attached hydrogens (tertiary/aromatic N) is 3. The highest BCUT2D eigenvalue weighted by Crippen LogP contribution is 2.23. The highest BCUT2D eigenvalue weighted by molar-refractivity contribution is 5.95. The second kappa shape index (κ2) is 4.45. The number of aromatic nitrogens is 2. The molecule has 0 saturated heterocycles. The largest absolute Gasteiger partial charge is 0.383 e. The van der Waals surface area contributed by atoms with Crippen LogP contribution >= 0.6 is 0 Å². The van der Waals surface area contributed by atoms with E-state index in [0.29, 0.717) is 6.54 Å². The van der Waals surface area contributed by atoms with Crippen molar-refractivity contribution in [2.45, 2.75) is 34.2 Å². The molecule has 1 aromatic rings. The fourth-order valence-electron chi connectivity index (χ4n) is 1.21. The van der Waals surface area contributed by atoms with E-state index >= 15 is 0 Å². The number of carbonyl (C=O) groups excluding carboxylic acids is 1. The zero-order chi connectivity index (χ0) is 13.2. The average Bonchev–Trinajstić information content (AvgIpc) is 2.53. The average molecular weight is 235 g/mol. The highest BCUT2D eigenvalue weighted by atomic mass is 16.2. The molecule has 17 heavy (non-hydrogen) atoms. The van der Waals surface area contributed by atoms with Gasteiger partial charge in [-0.1, -0.05) is 20.8 Å². The third-order valence-corrected chi connectivity index (χ3v) is 2.32. The lowest BCUT2D eigenvalue weighted by atomic mass is 9.96.